The van der Waals surface area contributed by atoms with Gasteiger partial charge in [-0.15, -0.1) is 11.8 Å². The van der Waals surface area contributed by atoms with Gasteiger partial charge in [0.15, 0.2) is 0 Å². The van der Waals surface area contributed by atoms with Gasteiger partial charge in [0, 0.05) is 32.0 Å². The molecule has 30 heavy (non-hydrogen) atoms. The molecule has 0 aromatic carbocycles. The number of fused-ring (bicyclic) bond motifs is 1. The lowest BCUT2D eigenvalue weighted by Gasteiger charge is -2.26. The SMILES string of the molecule is CC#CC[C@H](C)[C@H](O)C=C[C@@H]1[C@H]2CC(=CCOCCN3CCOCC3)C[C@H]2C[C@H]1O. The number of allylic oxidation sites excluding steroid dienone is 1. The van der Waals surface area contributed by atoms with Crippen LogP contribution in [-0.2, 0) is 9.47 Å². The summed E-state index contributed by atoms with van der Waals surface area (Å²) in [5, 5.41) is 20.9. The Morgan fingerprint density at radius 1 is 1.30 bits per heavy atom. The van der Waals surface area contributed by atoms with Crippen molar-refractivity contribution in [2.75, 3.05) is 46.1 Å². The van der Waals surface area contributed by atoms with Gasteiger partial charge >= 0.3 is 0 Å². The Labute approximate surface area is 182 Å². The third kappa shape index (κ3) is 6.67. The molecule has 0 bridgehead atoms. The molecule has 168 valence electrons. The highest BCUT2D eigenvalue weighted by Gasteiger charge is 2.45. The molecule has 0 radical (unpaired) electrons. The van der Waals surface area contributed by atoms with Gasteiger partial charge in [0.25, 0.3) is 0 Å². The fourth-order valence-electron chi connectivity index (χ4n) is 5.03. The summed E-state index contributed by atoms with van der Waals surface area (Å²) < 4.78 is 11.2. The van der Waals surface area contributed by atoms with Crippen LogP contribution in [-0.4, -0.2) is 73.4 Å². The number of aliphatic hydroxyl groups excluding tert-OH is 2. The van der Waals surface area contributed by atoms with E-state index in [0.29, 0.717) is 24.9 Å². The van der Waals surface area contributed by atoms with E-state index in [2.05, 4.69) is 28.9 Å². The lowest BCUT2D eigenvalue weighted by molar-refractivity contribution is 0.0233. The van der Waals surface area contributed by atoms with E-state index in [9.17, 15) is 10.2 Å². The van der Waals surface area contributed by atoms with E-state index in [0.717, 1.165) is 58.7 Å². The van der Waals surface area contributed by atoms with Crippen LogP contribution in [0.2, 0.25) is 0 Å². The highest BCUT2D eigenvalue weighted by molar-refractivity contribution is 5.18. The first-order valence-electron chi connectivity index (χ1n) is 11.6. The molecule has 2 saturated carbocycles. The molecular weight excluding hydrogens is 378 g/mol. The molecule has 0 unspecified atom stereocenters. The molecule has 3 fully saturated rings. The van der Waals surface area contributed by atoms with E-state index >= 15 is 0 Å². The van der Waals surface area contributed by atoms with Crippen molar-refractivity contribution in [3.8, 4) is 11.8 Å². The first kappa shape index (κ1) is 23.5. The number of rotatable bonds is 9. The van der Waals surface area contributed by atoms with Crippen molar-refractivity contribution >= 4 is 0 Å². The molecule has 3 aliphatic rings. The molecule has 0 amide bonds. The Kier molecular flexibility index (Phi) is 9.42. The summed E-state index contributed by atoms with van der Waals surface area (Å²) >= 11 is 0. The summed E-state index contributed by atoms with van der Waals surface area (Å²) in [5.74, 6) is 7.20. The minimum absolute atomic E-state index is 0.108. The van der Waals surface area contributed by atoms with Crippen molar-refractivity contribution in [2.24, 2.45) is 23.7 Å². The van der Waals surface area contributed by atoms with Gasteiger partial charge < -0.3 is 19.7 Å². The molecule has 2 aliphatic carbocycles. The Balaban J connectivity index is 1.42. The van der Waals surface area contributed by atoms with E-state index in [1.54, 1.807) is 0 Å². The largest absolute Gasteiger partial charge is 0.392 e. The summed E-state index contributed by atoms with van der Waals surface area (Å²) in [6.07, 6.45) is 9.08. The zero-order chi connectivity index (χ0) is 21.3. The third-order valence-corrected chi connectivity index (χ3v) is 6.97. The van der Waals surface area contributed by atoms with E-state index < -0.39 is 6.10 Å². The van der Waals surface area contributed by atoms with Crippen LogP contribution in [0.4, 0.5) is 0 Å². The van der Waals surface area contributed by atoms with Gasteiger partial charge in [-0.1, -0.05) is 30.7 Å². The lowest BCUT2D eigenvalue weighted by Crippen LogP contribution is -2.38. The van der Waals surface area contributed by atoms with E-state index in [4.69, 9.17) is 9.47 Å². The molecule has 5 heteroatoms. The van der Waals surface area contributed by atoms with Gasteiger partial charge in [-0.2, -0.15) is 0 Å². The number of aliphatic hydroxyl groups is 2. The molecule has 2 N–H and O–H groups in total. The summed E-state index contributed by atoms with van der Waals surface area (Å²) in [5.41, 5.74) is 1.47. The van der Waals surface area contributed by atoms with Gasteiger partial charge in [0.05, 0.1) is 38.6 Å². The quantitative estimate of drug-likeness (QED) is 0.343. The minimum Gasteiger partial charge on any atom is -0.392 e. The van der Waals surface area contributed by atoms with Crippen LogP contribution in [0.15, 0.2) is 23.8 Å². The van der Waals surface area contributed by atoms with Crippen LogP contribution in [0.5, 0.6) is 0 Å². The Hall–Kier alpha value is -1.16. The standard InChI is InChI=1S/C25H39NO4/c1-3-4-5-19(2)24(27)7-6-22-23-17-20(16-21(23)18-25(22)28)8-12-29-13-9-26-10-14-30-15-11-26/h6-8,19,21-25,27-28H,5,9-18H2,1-2H3/t19-,21-,22+,23-,24+,25+/m0/s1. The van der Waals surface area contributed by atoms with Crippen LogP contribution < -0.4 is 0 Å². The first-order valence-corrected chi connectivity index (χ1v) is 11.6. The number of hydrogen-bond donors (Lipinski definition) is 2. The smallest absolute Gasteiger partial charge is 0.0755 e. The topological polar surface area (TPSA) is 62.2 Å². The van der Waals surface area contributed by atoms with Crippen LogP contribution >= 0.6 is 0 Å². The zero-order valence-electron chi connectivity index (χ0n) is 18.6. The Morgan fingerprint density at radius 2 is 2.10 bits per heavy atom. The van der Waals surface area contributed by atoms with Crippen LogP contribution in [0.3, 0.4) is 0 Å². The maximum Gasteiger partial charge on any atom is 0.0755 e. The maximum atomic E-state index is 10.5. The van der Waals surface area contributed by atoms with Crippen LogP contribution in [0, 0.1) is 35.5 Å². The van der Waals surface area contributed by atoms with Crippen LogP contribution in [0.1, 0.15) is 39.5 Å². The van der Waals surface area contributed by atoms with Crippen molar-refractivity contribution in [1.82, 2.24) is 4.90 Å². The second-order valence-electron chi connectivity index (χ2n) is 9.09. The molecule has 0 spiro atoms. The summed E-state index contributed by atoms with van der Waals surface area (Å²) in [7, 11) is 0. The van der Waals surface area contributed by atoms with E-state index in [1.807, 2.05) is 19.9 Å². The average Bonchev–Trinajstić information content (AvgIpc) is 3.27. The van der Waals surface area contributed by atoms with Crippen molar-refractivity contribution < 1.29 is 19.7 Å². The highest BCUT2D eigenvalue weighted by Crippen LogP contribution is 2.50. The molecule has 3 rings (SSSR count). The normalized spacial score (nSPS) is 32.9. The zero-order valence-corrected chi connectivity index (χ0v) is 18.6. The number of nitrogens with zero attached hydrogens (tertiary/aromatic N) is 1. The number of ether oxygens (including phenoxy) is 2. The van der Waals surface area contributed by atoms with Gasteiger partial charge in [-0.05, 0) is 43.9 Å². The second-order valence-corrected chi connectivity index (χ2v) is 9.09. The summed E-state index contributed by atoms with van der Waals surface area (Å²) in [6.45, 7) is 9.92. The highest BCUT2D eigenvalue weighted by atomic mass is 16.5. The molecule has 1 saturated heterocycles. The molecular formula is C25H39NO4. The number of hydrogen-bond acceptors (Lipinski definition) is 5. The average molecular weight is 418 g/mol. The summed E-state index contributed by atoms with van der Waals surface area (Å²) in [4.78, 5) is 2.39. The molecule has 6 atom stereocenters. The van der Waals surface area contributed by atoms with Gasteiger partial charge in [0.1, 0.15) is 0 Å². The molecule has 1 heterocycles. The number of morpholine rings is 1. The van der Waals surface area contributed by atoms with Crippen LogP contribution in [0.25, 0.3) is 0 Å². The van der Waals surface area contributed by atoms with Crippen molar-refractivity contribution in [3.63, 3.8) is 0 Å². The Bertz CT molecular complexity index is 643. The van der Waals surface area contributed by atoms with E-state index in [1.165, 1.54) is 5.57 Å². The maximum absolute atomic E-state index is 10.5. The monoisotopic (exact) mass is 417 g/mol. The van der Waals surface area contributed by atoms with Crippen molar-refractivity contribution in [3.05, 3.63) is 23.8 Å². The second kappa shape index (κ2) is 12.0. The van der Waals surface area contributed by atoms with E-state index in [-0.39, 0.29) is 17.9 Å². The van der Waals surface area contributed by atoms with Crippen molar-refractivity contribution in [1.29, 1.82) is 0 Å². The predicted octanol–water partition coefficient (Wildman–Crippen LogP) is 2.64. The fourth-order valence-corrected chi connectivity index (χ4v) is 5.03. The minimum atomic E-state index is -0.506. The summed E-state index contributed by atoms with van der Waals surface area (Å²) in [6, 6.07) is 0. The lowest BCUT2D eigenvalue weighted by atomic mass is 9.89. The molecule has 0 aromatic heterocycles. The Morgan fingerprint density at radius 3 is 2.87 bits per heavy atom. The predicted molar refractivity (Wildman–Crippen MR) is 119 cm³/mol. The van der Waals surface area contributed by atoms with Gasteiger partial charge in [-0.3, -0.25) is 4.90 Å². The van der Waals surface area contributed by atoms with Gasteiger partial charge in [0.2, 0.25) is 0 Å². The molecule has 1 aliphatic heterocycles. The van der Waals surface area contributed by atoms with Gasteiger partial charge in [-0.25, -0.2) is 0 Å². The first-order chi connectivity index (χ1) is 14.6. The third-order valence-electron chi connectivity index (χ3n) is 6.97. The molecule has 0 aromatic rings. The molecule has 5 nitrogen and oxygen atoms in total. The fraction of sp³-hybridized carbons (Fsp3) is 0.760. The van der Waals surface area contributed by atoms with Crippen molar-refractivity contribution in [2.45, 2.75) is 51.7 Å².